The van der Waals surface area contributed by atoms with Crippen molar-refractivity contribution in [1.82, 2.24) is 19.5 Å². The van der Waals surface area contributed by atoms with Crippen molar-refractivity contribution in [3.63, 3.8) is 0 Å². The summed E-state index contributed by atoms with van der Waals surface area (Å²) in [4.78, 5) is 23.4. The zero-order valence-corrected chi connectivity index (χ0v) is 13.6. The van der Waals surface area contributed by atoms with E-state index in [1.54, 1.807) is 10.6 Å². The molecule has 0 bridgehead atoms. The summed E-state index contributed by atoms with van der Waals surface area (Å²) in [6, 6.07) is 1.76. The first-order valence-corrected chi connectivity index (χ1v) is 7.66. The predicted octanol–water partition coefficient (Wildman–Crippen LogP) is 2.87. The highest BCUT2D eigenvalue weighted by Gasteiger charge is 2.15. The van der Waals surface area contributed by atoms with Crippen molar-refractivity contribution in [3.05, 3.63) is 52.8 Å². The van der Waals surface area contributed by atoms with Gasteiger partial charge in [0.15, 0.2) is 0 Å². The minimum atomic E-state index is -0.221. The number of imidazole rings is 1. The van der Waals surface area contributed by atoms with Crippen molar-refractivity contribution < 1.29 is 4.42 Å². The van der Waals surface area contributed by atoms with Crippen LogP contribution in [0.4, 0.5) is 5.82 Å². The number of pyridine rings is 1. The van der Waals surface area contributed by atoms with Crippen LogP contribution in [0.1, 0.15) is 20.3 Å². The maximum Gasteiger partial charge on any atom is 0.326 e. The van der Waals surface area contributed by atoms with Crippen LogP contribution >= 0.6 is 0 Å². The van der Waals surface area contributed by atoms with E-state index < -0.39 is 0 Å². The fourth-order valence-electron chi connectivity index (χ4n) is 2.51. The van der Waals surface area contributed by atoms with Gasteiger partial charge in [-0.3, -0.25) is 4.57 Å². The molecule has 3 N–H and O–H groups in total. The van der Waals surface area contributed by atoms with Gasteiger partial charge in [0.05, 0.1) is 11.7 Å². The summed E-state index contributed by atoms with van der Waals surface area (Å²) in [5.74, 6) is 0.608. The van der Waals surface area contributed by atoms with Gasteiger partial charge in [-0.05, 0) is 26.3 Å². The van der Waals surface area contributed by atoms with Gasteiger partial charge in [-0.25, -0.2) is 14.8 Å². The number of nitrogens with zero attached hydrogens (tertiary/aromatic N) is 3. The molecule has 0 amide bonds. The van der Waals surface area contributed by atoms with Crippen LogP contribution in [-0.2, 0) is 6.54 Å². The third kappa shape index (κ3) is 3.01. The number of anilines is 1. The molecule has 0 spiro atoms. The quantitative estimate of drug-likeness (QED) is 0.702. The van der Waals surface area contributed by atoms with E-state index in [0.717, 1.165) is 12.0 Å². The first kappa shape index (κ1) is 15.8. The molecule has 3 aromatic heterocycles. The molecule has 24 heavy (non-hydrogen) atoms. The van der Waals surface area contributed by atoms with Crippen LogP contribution in [0.2, 0.25) is 0 Å². The standard InChI is InChI=1S/C17H19N5O2/c1-3-4-5-6-11(2)10-22-13-9-12(16-19-7-8-24-16)20-15(18)14(13)21-17(22)23/h3-4,6-9H,5,10H2,1-2H3,(H2,18,20)(H,21,23)/b4-3-,11-6+. The minimum Gasteiger partial charge on any atom is -0.443 e. The van der Waals surface area contributed by atoms with Gasteiger partial charge in [-0.15, -0.1) is 0 Å². The second kappa shape index (κ2) is 6.57. The maximum absolute atomic E-state index is 12.3. The van der Waals surface area contributed by atoms with Gasteiger partial charge in [0.25, 0.3) is 0 Å². The molecule has 0 aliphatic heterocycles. The number of oxazole rings is 1. The number of rotatable bonds is 5. The molecule has 3 rings (SSSR count). The van der Waals surface area contributed by atoms with Crippen LogP contribution in [0.25, 0.3) is 22.6 Å². The van der Waals surface area contributed by atoms with Crippen LogP contribution < -0.4 is 11.4 Å². The van der Waals surface area contributed by atoms with E-state index in [-0.39, 0.29) is 11.5 Å². The number of allylic oxidation sites excluding steroid dienone is 4. The maximum atomic E-state index is 12.3. The molecular formula is C17H19N5O2. The number of aromatic nitrogens is 4. The van der Waals surface area contributed by atoms with Crippen molar-refractivity contribution in [2.75, 3.05) is 5.73 Å². The summed E-state index contributed by atoms with van der Waals surface area (Å²) in [7, 11) is 0. The SMILES string of the molecule is C/C=C\C/C=C(\C)Cn1c(=O)[nH]c2c(N)nc(-c3ncco3)cc21. The second-order valence-corrected chi connectivity index (χ2v) is 5.50. The van der Waals surface area contributed by atoms with Crippen molar-refractivity contribution in [3.8, 4) is 11.6 Å². The Labute approximate surface area is 138 Å². The Morgan fingerprint density at radius 2 is 2.33 bits per heavy atom. The Hall–Kier alpha value is -3.09. The molecule has 7 nitrogen and oxygen atoms in total. The van der Waals surface area contributed by atoms with Gasteiger partial charge in [-0.2, -0.15) is 0 Å². The molecule has 0 saturated heterocycles. The van der Waals surface area contributed by atoms with Gasteiger partial charge in [-0.1, -0.05) is 23.8 Å². The molecule has 0 unspecified atom stereocenters. The molecule has 0 aromatic carbocycles. The normalized spacial score (nSPS) is 12.5. The molecule has 7 heteroatoms. The van der Waals surface area contributed by atoms with E-state index in [0.29, 0.717) is 29.2 Å². The van der Waals surface area contributed by atoms with E-state index in [1.165, 1.54) is 12.5 Å². The summed E-state index contributed by atoms with van der Waals surface area (Å²) in [6.07, 6.45) is 9.99. The van der Waals surface area contributed by atoms with Gasteiger partial charge in [0.2, 0.25) is 5.89 Å². The Morgan fingerprint density at radius 3 is 3.04 bits per heavy atom. The Morgan fingerprint density at radius 1 is 1.50 bits per heavy atom. The van der Waals surface area contributed by atoms with E-state index in [9.17, 15) is 4.79 Å². The number of hydrogen-bond donors (Lipinski definition) is 2. The van der Waals surface area contributed by atoms with Crippen LogP contribution in [0.3, 0.4) is 0 Å². The molecule has 0 aliphatic carbocycles. The fourth-order valence-corrected chi connectivity index (χ4v) is 2.51. The molecular weight excluding hydrogens is 306 g/mol. The highest BCUT2D eigenvalue weighted by molar-refractivity contribution is 5.87. The Kier molecular flexibility index (Phi) is 4.33. The summed E-state index contributed by atoms with van der Waals surface area (Å²) >= 11 is 0. The smallest absolute Gasteiger partial charge is 0.326 e. The zero-order chi connectivity index (χ0) is 17.1. The van der Waals surface area contributed by atoms with Gasteiger partial charge >= 0.3 is 5.69 Å². The Balaban J connectivity index is 2.06. The average molecular weight is 325 g/mol. The summed E-state index contributed by atoms with van der Waals surface area (Å²) < 4.78 is 6.91. The number of hydrogen-bond acceptors (Lipinski definition) is 5. The lowest BCUT2D eigenvalue weighted by Crippen LogP contribution is -2.17. The highest BCUT2D eigenvalue weighted by Crippen LogP contribution is 2.23. The number of H-pyrrole nitrogens is 1. The largest absolute Gasteiger partial charge is 0.443 e. The van der Waals surface area contributed by atoms with Crippen molar-refractivity contribution in [2.45, 2.75) is 26.8 Å². The third-order valence-corrected chi connectivity index (χ3v) is 3.69. The van der Waals surface area contributed by atoms with Gasteiger partial charge < -0.3 is 15.1 Å². The predicted molar refractivity (Wildman–Crippen MR) is 93.5 cm³/mol. The first-order chi connectivity index (χ1) is 11.6. The van der Waals surface area contributed by atoms with E-state index in [4.69, 9.17) is 10.2 Å². The molecule has 0 radical (unpaired) electrons. The second-order valence-electron chi connectivity index (χ2n) is 5.50. The fraction of sp³-hybridized carbons (Fsp3) is 0.235. The number of nitrogen functional groups attached to an aromatic ring is 1. The molecule has 124 valence electrons. The lowest BCUT2D eigenvalue weighted by Gasteiger charge is -2.05. The number of fused-ring (bicyclic) bond motifs is 1. The van der Waals surface area contributed by atoms with Crippen LogP contribution in [0, 0.1) is 0 Å². The van der Waals surface area contributed by atoms with Crippen LogP contribution in [-0.4, -0.2) is 19.5 Å². The van der Waals surface area contributed by atoms with Crippen LogP contribution in [0.15, 0.2) is 51.5 Å². The summed E-state index contributed by atoms with van der Waals surface area (Å²) in [6.45, 7) is 4.45. The molecule has 0 fully saturated rings. The summed E-state index contributed by atoms with van der Waals surface area (Å²) in [5.41, 5.74) is 8.55. The zero-order valence-electron chi connectivity index (χ0n) is 13.6. The van der Waals surface area contributed by atoms with Crippen molar-refractivity contribution in [2.24, 2.45) is 0 Å². The number of nitrogens with one attached hydrogen (secondary N) is 1. The van der Waals surface area contributed by atoms with Gasteiger partial charge in [0.1, 0.15) is 23.3 Å². The minimum absolute atomic E-state index is 0.221. The lowest BCUT2D eigenvalue weighted by molar-refractivity contribution is 0.572. The number of nitrogens with two attached hydrogens (primary N) is 1. The first-order valence-electron chi connectivity index (χ1n) is 7.66. The van der Waals surface area contributed by atoms with Crippen molar-refractivity contribution in [1.29, 1.82) is 0 Å². The molecule has 0 saturated carbocycles. The third-order valence-electron chi connectivity index (χ3n) is 3.69. The molecule has 0 aliphatic rings. The molecule has 3 aromatic rings. The number of aromatic amines is 1. The van der Waals surface area contributed by atoms with Gasteiger partial charge in [0, 0.05) is 6.54 Å². The molecule has 3 heterocycles. The molecule has 0 atom stereocenters. The van der Waals surface area contributed by atoms with Crippen molar-refractivity contribution >= 4 is 16.9 Å². The topological polar surface area (TPSA) is 103 Å². The average Bonchev–Trinajstić information content (AvgIpc) is 3.18. The van der Waals surface area contributed by atoms with E-state index in [1.807, 2.05) is 19.9 Å². The monoisotopic (exact) mass is 325 g/mol. The van der Waals surface area contributed by atoms with E-state index in [2.05, 4.69) is 27.1 Å². The van der Waals surface area contributed by atoms with Crippen LogP contribution in [0.5, 0.6) is 0 Å². The highest BCUT2D eigenvalue weighted by atomic mass is 16.3. The lowest BCUT2D eigenvalue weighted by atomic mass is 10.2. The summed E-state index contributed by atoms with van der Waals surface area (Å²) in [5, 5.41) is 0. The van der Waals surface area contributed by atoms with E-state index >= 15 is 0 Å². The Bertz CT molecular complexity index is 961.